The van der Waals surface area contributed by atoms with Gasteiger partial charge in [-0.15, -0.1) is 0 Å². The number of anilines is 1. The Hall–Kier alpha value is -1.58. The highest BCUT2D eigenvalue weighted by Crippen LogP contribution is 2.32. The molecule has 0 aliphatic carbocycles. The minimum atomic E-state index is 0.594. The van der Waals surface area contributed by atoms with Gasteiger partial charge in [0.2, 0.25) is 0 Å². The maximum atomic E-state index is 6.18. The van der Waals surface area contributed by atoms with Crippen LogP contribution in [0, 0.1) is 0 Å². The number of benzene rings is 2. The average Bonchev–Trinajstić information content (AvgIpc) is 2.68. The van der Waals surface area contributed by atoms with Crippen molar-refractivity contribution >= 4 is 38.3 Å². The maximum absolute atomic E-state index is 6.18. The minimum Gasteiger partial charge on any atom is -0.375 e. The monoisotopic (exact) mass is 260 g/mol. The van der Waals surface area contributed by atoms with Gasteiger partial charge in [-0.2, -0.15) is 0 Å². The molecular weight excluding hydrogens is 252 g/mol. The van der Waals surface area contributed by atoms with Crippen LogP contribution in [0.15, 0.2) is 42.5 Å². The maximum Gasteiger partial charge on any atom is 0.181 e. The molecule has 3 aromatic rings. The molecule has 0 saturated carbocycles. The van der Waals surface area contributed by atoms with Gasteiger partial charge in [-0.1, -0.05) is 47.2 Å². The van der Waals surface area contributed by atoms with Crippen molar-refractivity contribution in [3.63, 3.8) is 0 Å². The van der Waals surface area contributed by atoms with Crippen molar-refractivity contribution < 1.29 is 0 Å². The smallest absolute Gasteiger partial charge is 0.181 e. The summed E-state index contributed by atoms with van der Waals surface area (Å²) in [4.78, 5) is 4.23. The molecule has 2 aromatic carbocycles. The van der Waals surface area contributed by atoms with Crippen LogP contribution in [-0.2, 0) is 0 Å². The van der Waals surface area contributed by atoms with Gasteiger partial charge in [0.05, 0.1) is 10.2 Å². The number of thiazole rings is 1. The van der Waals surface area contributed by atoms with Crippen molar-refractivity contribution in [2.75, 3.05) is 5.73 Å². The fraction of sp³-hybridized carbons (Fsp3) is 0. The first-order valence-electron chi connectivity index (χ1n) is 5.15. The first kappa shape index (κ1) is 10.6. The Labute approximate surface area is 108 Å². The van der Waals surface area contributed by atoms with Crippen LogP contribution >= 0.6 is 22.9 Å². The number of aromatic nitrogens is 1. The predicted octanol–water partition coefficient (Wildman–Crippen LogP) is 4.20. The van der Waals surface area contributed by atoms with E-state index in [1.807, 2.05) is 36.4 Å². The molecule has 1 aromatic heterocycles. The summed E-state index contributed by atoms with van der Waals surface area (Å²) >= 11 is 7.67. The third-order valence-corrected chi connectivity index (χ3v) is 3.77. The summed E-state index contributed by atoms with van der Waals surface area (Å²) in [5, 5.41) is 1.35. The standard InChI is InChI=1S/C13H9ClN2S/c14-10-4-2-1-3-9(10)8-5-6-11-12(7-8)17-13(15)16-11/h1-7H,(H2,15,16). The lowest BCUT2D eigenvalue weighted by atomic mass is 10.1. The lowest BCUT2D eigenvalue weighted by molar-refractivity contribution is 1.49. The largest absolute Gasteiger partial charge is 0.375 e. The number of fused-ring (bicyclic) bond motifs is 1. The Kier molecular flexibility index (Phi) is 2.50. The van der Waals surface area contributed by atoms with Crippen molar-refractivity contribution in [3.8, 4) is 11.1 Å². The first-order chi connectivity index (χ1) is 8.24. The van der Waals surface area contributed by atoms with Crippen molar-refractivity contribution in [2.24, 2.45) is 0 Å². The fourth-order valence-corrected chi connectivity index (χ4v) is 2.82. The third-order valence-electron chi connectivity index (χ3n) is 2.59. The predicted molar refractivity (Wildman–Crippen MR) is 74.5 cm³/mol. The Morgan fingerprint density at radius 3 is 2.76 bits per heavy atom. The van der Waals surface area contributed by atoms with Crippen LogP contribution in [0.25, 0.3) is 21.3 Å². The quantitative estimate of drug-likeness (QED) is 0.712. The van der Waals surface area contributed by atoms with Crippen LogP contribution in [0.4, 0.5) is 5.13 Å². The second-order valence-corrected chi connectivity index (χ2v) is 5.18. The highest BCUT2D eigenvalue weighted by Gasteiger charge is 2.06. The average molecular weight is 261 g/mol. The van der Waals surface area contributed by atoms with E-state index in [2.05, 4.69) is 11.1 Å². The lowest BCUT2D eigenvalue weighted by Crippen LogP contribution is -1.80. The van der Waals surface area contributed by atoms with E-state index in [-0.39, 0.29) is 0 Å². The third kappa shape index (κ3) is 1.88. The second-order valence-electron chi connectivity index (χ2n) is 3.71. The molecule has 17 heavy (non-hydrogen) atoms. The summed E-state index contributed by atoms with van der Waals surface area (Å²) in [6.45, 7) is 0. The summed E-state index contributed by atoms with van der Waals surface area (Å²) in [5.74, 6) is 0. The Balaban J connectivity index is 2.21. The molecule has 4 heteroatoms. The van der Waals surface area contributed by atoms with Gasteiger partial charge >= 0.3 is 0 Å². The number of nitrogens with zero attached hydrogens (tertiary/aromatic N) is 1. The highest BCUT2D eigenvalue weighted by atomic mass is 35.5. The van der Waals surface area contributed by atoms with E-state index in [1.165, 1.54) is 11.3 Å². The minimum absolute atomic E-state index is 0.594. The summed E-state index contributed by atoms with van der Waals surface area (Å²) < 4.78 is 1.08. The zero-order valence-electron chi connectivity index (χ0n) is 8.85. The first-order valence-corrected chi connectivity index (χ1v) is 6.34. The molecule has 0 atom stereocenters. The van der Waals surface area contributed by atoms with Crippen LogP contribution < -0.4 is 5.73 Å². The summed E-state index contributed by atoms with van der Waals surface area (Å²) in [6, 6.07) is 13.9. The van der Waals surface area contributed by atoms with Crippen molar-refractivity contribution in [1.29, 1.82) is 0 Å². The van der Waals surface area contributed by atoms with Gasteiger partial charge in [-0.25, -0.2) is 4.98 Å². The topological polar surface area (TPSA) is 38.9 Å². The van der Waals surface area contributed by atoms with Gasteiger partial charge in [0, 0.05) is 10.6 Å². The van der Waals surface area contributed by atoms with Gasteiger partial charge in [0.1, 0.15) is 0 Å². The Morgan fingerprint density at radius 1 is 1.12 bits per heavy atom. The molecule has 0 aliphatic rings. The van der Waals surface area contributed by atoms with E-state index < -0.39 is 0 Å². The van der Waals surface area contributed by atoms with E-state index in [0.717, 1.165) is 26.4 Å². The van der Waals surface area contributed by atoms with Crippen molar-refractivity contribution in [2.45, 2.75) is 0 Å². The summed E-state index contributed by atoms with van der Waals surface area (Å²) in [7, 11) is 0. The molecule has 0 unspecified atom stereocenters. The molecule has 2 nitrogen and oxygen atoms in total. The van der Waals surface area contributed by atoms with Gasteiger partial charge < -0.3 is 5.73 Å². The number of hydrogen-bond acceptors (Lipinski definition) is 3. The number of rotatable bonds is 1. The Morgan fingerprint density at radius 2 is 1.94 bits per heavy atom. The second kappa shape index (κ2) is 4.02. The molecule has 0 bridgehead atoms. The number of halogens is 1. The van der Waals surface area contributed by atoms with E-state index in [1.54, 1.807) is 0 Å². The zero-order valence-corrected chi connectivity index (χ0v) is 10.4. The number of nitrogen functional groups attached to an aromatic ring is 1. The van der Waals surface area contributed by atoms with Crippen molar-refractivity contribution in [1.82, 2.24) is 4.98 Å². The van der Waals surface area contributed by atoms with Crippen LogP contribution in [0.5, 0.6) is 0 Å². The van der Waals surface area contributed by atoms with E-state index in [4.69, 9.17) is 17.3 Å². The van der Waals surface area contributed by atoms with Crippen LogP contribution in [0.1, 0.15) is 0 Å². The highest BCUT2D eigenvalue weighted by molar-refractivity contribution is 7.22. The van der Waals surface area contributed by atoms with Gasteiger partial charge in [-0.3, -0.25) is 0 Å². The normalized spacial score (nSPS) is 10.9. The van der Waals surface area contributed by atoms with Crippen LogP contribution in [0.2, 0.25) is 5.02 Å². The zero-order chi connectivity index (χ0) is 11.8. The van der Waals surface area contributed by atoms with Crippen LogP contribution in [0.3, 0.4) is 0 Å². The van der Waals surface area contributed by atoms with Crippen LogP contribution in [-0.4, -0.2) is 4.98 Å². The molecule has 84 valence electrons. The summed E-state index contributed by atoms with van der Waals surface area (Å²) in [5.41, 5.74) is 8.74. The van der Waals surface area contributed by atoms with E-state index >= 15 is 0 Å². The molecule has 3 rings (SSSR count). The van der Waals surface area contributed by atoms with E-state index in [0.29, 0.717) is 5.13 Å². The van der Waals surface area contributed by atoms with Gasteiger partial charge in [0.25, 0.3) is 0 Å². The number of nitrogens with two attached hydrogens (primary N) is 1. The molecule has 0 spiro atoms. The molecule has 0 amide bonds. The van der Waals surface area contributed by atoms with Gasteiger partial charge in [0.15, 0.2) is 5.13 Å². The van der Waals surface area contributed by atoms with Crippen molar-refractivity contribution in [3.05, 3.63) is 47.5 Å². The Bertz CT molecular complexity index is 691. The molecular formula is C13H9ClN2S. The van der Waals surface area contributed by atoms with E-state index in [9.17, 15) is 0 Å². The molecule has 2 N–H and O–H groups in total. The molecule has 0 radical (unpaired) electrons. The SMILES string of the molecule is Nc1nc2ccc(-c3ccccc3Cl)cc2s1. The fourth-order valence-electron chi connectivity index (χ4n) is 1.81. The number of hydrogen-bond donors (Lipinski definition) is 1. The van der Waals surface area contributed by atoms with Gasteiger partial charge in [-0.05, 0) is 23.8 Å². The lowest BCUT2D eigenvalue weighted by Gasteiger charge is -2.03. The molecule has 1 heterocycles. The molecule has 0 aliphatic heterocycles. The molecule has 0 saturated heterocycles. The summed E-state index contributed by atoms with van der Waals surface area (Å²) in [6.07, 6.45) is 0. The molecule has 0 fully saturated rings.